The highest BCUT2D eigenvalue weighted by Crippen LogP contribution is 2.38. The topological polar surface area (TPSA) is 111 Å². The number of allylic oxidation sites excluding steroid dienone is 26. The number of hydrogen-bond donors (Lipinski definition) is 0. The third kappa shape index (κ3) is 51.0. The third-order valence-electron chi connectivity index (χ3n) is 9.56. The molecule has 0 saturated carbocycles. The van der Waals surface area contributed by atoms with Crippen LogP contribution < -0.4 is 4.89 Å². The second-order valence-electron chi connectivity index (χ2n) is 17.1. The minimum Gasteiger partial charge on any atom is -0.756 e. The second-order valence-corrected chi connectivity index (χ2v) is 18.5. The van der Waals surface area contributed by atoms with Gasteiger partial charge in [0.15, 0.2) is 6.10 Å². The highest BCUT2D eigenvalue weighted by molar-refractivity contribution is 7.45. The van der Waals surface area contributed by atoms with Gasteiger partial charge in [-0.25, -0.2) is 0 Å². The molecular weight excluding hydrogens is 870 g/mol. The van der Waals surface area contributed by atoms with E-state index in [4.69, 9.17) is 18.5 Å². The maximum absolute atomic E-state index is 12.7. The molecule has 0 aliphatic carbocycles. The first-order valence-corrected chi connectivity index (χ1v) is 26.7. The molecule has 10 heteroatoms. The first-order valence-electron chi connectivity index (χ1n) is 25.2. The number of carbonyl (C=O) groups is 2. The molecule has 2 atom stereocenters. The number of rotatable bonds is 43. The normalized spacial score (nSPS) is 14.7. The molecule has 0 aliphatic heterocycles. The molecule has 9 nitrogen and oxygen atoms in total. The van der Waals surface area contributed by atoms with Crippen LogP contribution in [-0.4, -0.2) is 70.0 Å². The van der Waals surface area contributed by atoms with Crippen LogP contribution in [0.1, 0.15) is 142 Å². The van der Waals surface area contributed by atoms with Crippen molar-refractivity contribution in [2.75, 3.05) is 47.5 Å². The molecule has 0 spiro atoms. The van der Waals surface area contributed by atoms with E-state index in [0.717, 1.165) is 103 Å². The van der Waals surface area contributed by atoms with Crippen LogP contribution in [0, 0.1) is 0 Å². The summed E-state index contributed by atoms with van der Waals surface area (Å²) in [7, 11) is 1.07. The van der Waals surface area contributed by atoms with Crippen molar-refractivity contribution in [1.29, 1.82) is 0 Å². The first-order chi connectivity index (χ1) is 33.0. The Bertz CT molecular complexity index is 1700. The van der Waals surface area contributed by atoms with Crippen molar-refractivity contribution >= 4 is 19.8 Å². The zero-order valence-corrected chi connectivity index (χ0v) is 43.6. The highest BCUT2D eigenvalue weighted by atomic mass is 31.2. The zero-order chi connectivity index (χ0) is 49.9. The molecule has 0 fully saturated rings. The number of quaternary nitrogens is 1. The fourth-order valence-electron chi connectivity index (χ4n) is 5.72. The van der Waals surface area contributed by atoms with Gasteiger partial charge in [-0.05, 0) is 109 Å². The van der Waals surface area contributed by atoms with Gasteiger partial charge in [0, 0.05) is 12.8 Å². The van der Waals surface area contributed by atoms with Gasteiger partial charge in [-0.1, -0.05) is 178 Å². The first kappa shape index (κ1) is 63.6. The summed E-state index contributed by atoms with van der Waals surface area (Å²) in [5.74, 6) is -0.989. The van der Waals surface area contributed by atoms with Gasteiger partial charge in [-0.15, -0.1) is 0 Å². The SMILES string of the molecule is CC/C=C\C/C=C\C/C=C\C/C=C\C/C=C\C/C=C\C/C=C\CCCCCC(=O)OC(COC(=O)CC/C=C\C/C=C\C/C=C\C/C=C\C/C=C\C/C=C\CC)COP(=O)([O-])OCC[N+](C)(C)C. The molecule has 380 valence electrons. The highest BCUT2D eigenvalue weighted by Gasteiger charge is 2.21. The van der Waals surface area contributed by atoms with E-state index >= 15 is 0 Å². The number of phosphoric acid groups is 1. The molecule has 0 bridgehead atoms. The van der Waals surface area contributed by atoms with Crippen molar-refractivity contribution in [1.82, 2.24) is 0 Å². The Morgan fingerprint density at radius 3 is 1.21 bits per heavy atom. The molecule has 0 radical (unpaired) electrons. The Labute approximate surface area is 414 Å². The van der Waals surface area contributed by atoms with Gasteiger partial charge in [-0.3, -0.25) is 14.2 Å². The number of hydrogen-bond acceptors (Lipinski definition) is 8. The fourth-order valence-corrected chi connectivity index (χ4v) is 6.45. The number of ether oxygens (including phenoxy) is 2. The molecule has 0 N–H and O–H groups in total. The van der Waals surface area contributed by atoms with E-state index in [0.29, 0.717) is 23.9 Å². The largest absolute Gasteiger partial charge is 0.756 e. The summed E-state index contributed by atoms with van der Waals surface area (Å²) in [6.07, 6.45) is 71.5. The Morgan fingerprint density at radius 1 is 0.456 bits per heavy atom. The smallest absolute Gasteiger partial charge is 0.306 e. The van der Waals surface area contributed by atoms with E-state index in [1.807, 2.05) is 33.3 Å². The number of phosphoric ester groups is 1. The summed E-state index contributed by atoms with van der Waals surface area (Å²) in [6, 6.07) is 0. The third-order valence-corrected chi connectivity index (χ3v) is 10.5. The lowest BCUT2D eigenvalue weighted by molar-refractivity contribution is -0.870. The molecule has 0 aromatic carbocycles. The van der Waals surface area contributed by atoms with Crippen LogP contribution in [0.4, 0.5) is 0 Å². The van der Waals surface area contributed by atoms with Gasteiger partial charge >= 0.3 is 11.9 Å². The van der Waals surface area contributed by atoms with Gasteiger partial charge in [0.25, 0.3) is 7.82 Å². The molecule has 0 aromatic rings. The summed E-state index contributed by atoms with van der Waals surface area (Å²) >= 11 is 0. The average Bonchev–Trinajstić information content (AvgIpc) is 3.30. The summed E-state index contributed by atoms with van der Waals surface area (Å²) in [5, 5.41) is 0. The van der Waals surface area contributed by atoms with Crippen molar-refractivity contribution in [2.45, 2.75) is 148 Å². The van der Waals surface area contributed by atoms with E-state index < -0.39 is 32.5 Å². The summed E-state index contributed by atoms with van der Waals surface area (Å²) in [4.78, 5) is 37.7. The molecule has 0 heterocycles. The van der Waals surface area contributed by atoms with E-state index in [-0.39, 0.29) is 26.1 Å². The summed E-state index contributed by atoms with van der Waals surface area (Å²) in [5.41, 5.74) is 0. The van der Waals surface area contributed by atoms with Crippen LogP contribution in [0.15, 0.2) is 158 Å². The fraction of sp³-hybridized carbons (Fsp3) is 0.517. The van der Waals surface area contributed by atoms with Gasteiger partial charge < -0.3 is 27.9 Å². The Kier molecular flexibility index (Phi) is 44.6. The summed E-state index contributed by atoms with van der Waals surface area (Å²) in [6.45, 7) is 3.83. The van der Waals surface area contributed by atoms with Crippen molar-refractivity contribution in [2.24, 2.45) is 0 Å². The van der Waals surface area contributed by atoms with Crippen molar-refractivity contribution in [3.05, 3.63) is 158 Å². The monoisotopic (exact) mass is 960 g/mol. The lowest BCUT2D eigenvalue weighted by Gasteiger charge is -2.28. The van der Waals surface area contributed by atoms with Gasteiger partial charge in [0.2, 0.25) is 0 Å². The molecular formula is C58H90NO8P. The minimum absolute atomic E-state index is 0.0595. The van der Waals surface area contributed by atoms with Crippen LogP contribution in [0.25, 0.3) is 0 Å². The summed E-state index contributed by atoms with van der Waals surface area (Å²) < 4.78 is 33.9. The maximum Gasteiger partial charge on any atom is 0.306 e. The van der Waals surface area contributed by atoms with E-state index in [2.05, 4.69) is 160 Å². The molecule has 0 saturated heterocycles. The number of carbonyl (C=O) groups excluding carboxylic acids is 2. The van der Waals surface area contributed by atoms with Crippen LogP contribution in [0.2, 0.25) is 0 Å². The van der Waals surface area contributed by atoms with Crippen LogP contribution >= 0.6 is 7.82 Å². The van der Waals surface area contributed by atoms with Crippen molar-refractivity contribution in [3.63, 3.8) is 0 Å². The van der Waals surface area contributed by atoms with Gasteiger partial charge in [0.05, 0.1) is 27.7 Å². The average molecular weight is 960 g/mol. The number of likely N-dealkylation sites (N-methyl/N-ethyl adjacent to an activating group) is 1. The Balaban J connectivity index is 4.50. The molecule has 0 aromatic heterocycles. The minimum atomic E-state index is -4.67. The van der Waals surface area contributed by atoms with Gasteiger partial charge in [0.1, 0.15) is 19.8 Å². The predicted octanol–water partition coefficient (Wildman–Crippen LogP) is 14.7. The van der Waals surface area contributed by atoms with E-state index in [9.17, 15) is 19.0 Å². The molecule has 0 aliphatic rings. The van der Waals surface area contributed by atoms with Crippen molar-refractivity contribution < 1.29 is 42.1 Å². The second kappa shape index (κ2) is 47.7. The predicted molar refractivity (Wildman–Crippen MR) is 286 cm³/mol. The van der Waals surface area contributed by atoms with Crippen LogP contribution in [0.3, 0.4) is 0 Å². The number of esters is 2. The Morgan fingerprint density at radius 2 is 0.824 bits per heavy atom. The van der Waals surface area contributed by atoms with Crippen molar-refractivity contribution in [3.8, 4) is 0 Å². The van der Waals surface area contributed by atoms with Gasteiger partial charge in [-0.2, -0.15) is 0 Å². The lowest BCUT2D eigenvalue weighted by atomic mass is 10.1. The molecule has 0 rings (SSSR count). The molecule has 68 heavy (non-hydrogen) atoms. The maximum atomic E-state index is 12.7. The van der Waals surface area contributed by atoms with E-state index in [1.54, 1.807) is 0 Å². The number of nitrogens with zero attached hydrogens (tertiary/aromatic N) is 1. The number of unbranched alkanes of at least 4 members (excludes halogenated alkanes) is 3. The lowest BCUT2D eigenvalue weighted by Crippen LogP contribution is -2.37. The van der Waals surface area contributed by atoms with E-state index in [1.165, 1.54) is 0 Å². The zero-order valence-electron chi connectivity index (χ0n) is 42.7. The van der Waals surface area contributed by atoms with Crippen LogP contribution in [-0.2, 0) is 32.7 Å². The standard InChI is InChI=1S/C58H90NO8P/c1-6-8-10-12-14-16-18-20-22-24-26-27-28-29-30-31-33-35-37-39-41-43-45-47-49-51-58(61)67-56(55-66-68(62,63)65-53-52-59(3,4)5)54-64-57(60)50-48-46-44-42-40-38-36-34-32-25-23-21-19-17-15-13-11-9-7-2/h8-11,14-17,20-23,26-27,29-30,32-35,38-41,44,46,56H,6-7,12-13,18-19,24-25,28,31,36-37,42-43,45,47-55H2,1-5H3/b10-8-,11-9-,16-14-,17-15-,22-20-,23-21-,27-26-,30-29-,34-32-,35-33-,40-38-,41-39-,46-44-. The molecule has 0 amide bonds. The Hall–Kier alpha value is -4.37. The molecule has 2 unspecified atom stereocenters. The van der Waals surface area contributed by atoms with Crippen LogP contribution in [0.5, 0.6) is 0 Å². The quantitative estimate of drug-likeness (QED) is 0.0195.